The van der Waals surface area contributed by atoms with E-state index < -0.39 is 28.0 Å². The molecular weight excluding hydrogens is 380 g/mol. The summed E-state index contributed by atoms with van der Waals surface area (Å²) in [5.41, 5.74) is 0.862. The van der Waals surface area contributed by atoms with Crippen LogP contribution in [0.25, 0.3) is 0 Å². The fourth-order valence-electron chi connectivity index (χ4n) is 3.39. The van der Waals surface area contributed by atoms with Crippen LogP contribution in [0.5, 0.6) is 0 Å². The van der Waals surface area contributed by atoms with Crippen molar-refractivity contribution < 1.29 is 19.4 Å². The summed E-state index contributed by atoms with van der Waals surface area (Å²) in [6.07, 6.45) is -0.755. The van der Waals surface area contributed by atoms with E-state index in [1.165, 1.54) is 31.4 Å². The SMILES string of the molecule is COC(=O)C1=C(C)N[C@H](c2ccccc2[N+](=O)[O-])N[C@@H]1c1ccccc1[N+](=O)[O-]. The lowest BCUT2D eigenvalue weighted by atomic mass is 9.92. The smallest absolute Gasteiger partial charge is 0.337 e. The Morgan fingerprint density at radius 2 is 1.48 bits per heavy atom. The number of allylic oxidation sites excluding steroid dienone is 1. The number of para-hydroxylation sites is 2. The highest BCUT2D eigenvalue weighted by Crippen LogP contribution is 2.37. The maximum atomic E-state index is 12.4. The third-order valence-corrected chi connectivity index (χ3v) is 4.68. The average molecular weight is 398 g/mol. The molecule has 0 radical (unpaired) electrons. The van der Waals surface area contributed by atoms with Gasteiger partial charge >= 0.3 is 5.97 Å². The fraction of sp³-hybridized carbons (Fsp3) is 0.211. The second kappa shape index (κ2) is 8.07. The van der Waals surface area contributed by atoms with Crippen molar-refractivity contribution in [1.29, 1.82) is 0 Å². The van der Waals surface area contributed by atoms with Gasteiger partial charge in [0.25, 0.3) is 11.4 Å². The number of carbonyl (C=O) groups excluding carboxylic acids is 1. The number of rotatable bonds is 5. The molecule has 0 spiro atoms. The second-order valence-electron chi connectivity index (χ2n) is 6.34. The van der Waals surface area contributed by atoms with E-state index in [4.69, 9.17) is 4.74 Å². The molecule has 2 N–H and O–H groups in total. The molecule has 0 aliphatic carbocycles. The normalized spacial score (nSPS) is 18.7. The van der Waals surface area contributed by atoms with Crippen molar-refractivity contribution in [3.05, 3.63) is 91.2 Å². The number of nitro groups is 2. The maximum absolute atomic E-state index is 12.4. The molecule has 10 nitrogen and oxygen atoms in total. The predicted molar refractivity (Wildman–Crippen MR) is 103 cm³/mol. The molecule has 150 valence electrons. The first-order valence-electron chi connectivity index (χ1n) is 8.63. The molecule has 1 aliphatic rings. The van der Waals surface area contributed by atoms with Gasteiger partial charge in [0, 0.05) is 17.8 Å². The highest BCUT2D eigenvalue weighted by atomic mass is 16.6. The van der Waals surface area contributed by atoms with Gasteiger partial charge in [-0.3, -0.25) is 25.5 Å². The lowest BCUT2D eigenvalue weighted by Crippen LogP contribution is -2.44. The van der Waals surface area contributed by atoms with Crippen molar-refractivity contribution in [2.24, 2.45) is 0 Å². The first kappa shape index (κ1) is 20.0. The van der Waals surface area contributed by atoms with E-state index in [0.29, 0.717) is 11.3 Å². The van der Waals surface area contributed by atoms with Crippen LogP contribution in [0, 0.1) is 20.2 Å². The Bertz CT molecular complexity index is 1020. The summed E-state index contributed by atoms with van der Waals surface area (Å²) in [5, 5.41) is 29.1. The summed E-state index contributed by atoms with van der Waals surface area (Å²) in [7, 11) is 1.22. The molecule has 0 fully saturated rings. The Balaban J connectivity index is 2.16. The van der Waals surface area contributed by atoms with Crippen molar-refractivity contribution in [1.82, 2.24) is 10.6 Å². The molecule has 3 rings (SSSR count). The zero-order valence-corrected chi connectivity index (χ0v) is 15.6. The first-order chi connectivity index (χ1) is 13.8. The summed E-state index contributed by atoms with van der Waals surface area (Å²) < 4.78 is 4.86. The zero-order chi connectivity index (χ0) is 21.1. The van der Waals surface area contributed by atoms with Gasteiger partial charge in [0.05, 0.1) is 39.7 Å². The van der Waals surface area contributed by atoms with Gasteiger partial charge in [0.15, 0.2) is 0 Å². The maximum Gasteiger partial charge on any atom is 0.337 e. The third-order valence-electron chi connectivity index (χ3n) is 4.68. The summed E-state index contributed by atoms with van der Waals surface area (Å²) in [6, 6.07) is 11.3. The molecule has 1 heterocycles. The molecule has 0 bridgehead atoms. The number of benzene rings is 2. The lowest BCUT2D eigenvalue weighted by Gasteiger charge is -2.34. The van der Waals surface area contributed by atoms with E-state index in [0.717, 1.165) is 0 Å². The molecule has 0 unspecified atom stereocenters. The van der Waals surface area contributed by atoms with Crippen LogP contribution in [-0.4, -0.2) is 22.9 Å². The van der Waals surface area contributed by atoms with Crippen molar-refractivity contribution >= 4 is 17.3 Å². The molecule has 2 aromatic rings. The van der Waals surface area contributed by atoms with Gasteiger partial charge in [-0.1, -0.05) is 30.3 Å². The van der Waals surface area contributed by atoms with E-state index in [2.05, 4.69) is 10.6 Å². The van der Waals surface area contributed by atoms with Crippen molar-refractivity contribution in [3.8, 4) is 0 Å². The van der Waals surface area contributed by atoms with Crippen LogP contribution >= 0.6 is 0 Å². The van der Waals surface area contributed by atoms with Gasteiger partial charge in [-0.05, 0) is 13.0 Å². The number of hydrogen-bond acceptors (Lipinski definition) is 8. The Labute approximate surface area is 165 Å². The van der Waals surface area contributed by atoms with Gasteiger partial charge in [-0.2, -0.15) is 0 Å². The largest absolute Gasteiger partial charge is 0.466 e. The molecule has 1 aliphatic heterocycles. The lowest BCUT2D eigenvalue weighted by molar-refractivity contribution is -0.386. The molecule has 0 saturated heterocycles. The van der Waals surface area contributed by atoms with Crippen LogP contribution in [0.3, 0.4) is 0 Å². The quantitative estimate of drug-likeness (QED) is 0.446. The highest BCUT2D eigenvalue weighted by Gasteiger charge is 2.37. The van der Waals surface area contributed by atoms with Crippen molar-refractivity contribution in [2.75, 3.05) is 7.11 Å². The predicted octanol–water partition coefficient (Wildman–Crippen LogP) is 2.88. The van der Waals surface area contributed by atoms with Crippen LogP contribution in [0.4, 0.5) is 11.4 Å². The minimum Gasteiger partial charge on any atom is -0.466 e. The second-order valence-corrected chi connectivity index (χ2v) is 6.34. The van der Waals surface area contributed by atoms with E-state index >= 15 is 0 Å². The standard InChI is InChI=1S/C19H18N4O6/c1-11-16(19(24)29-2)17(12-7-3-5-9-14(12)22(25)26)21-18(20-11)13-8-4-6-10-15(13)23(27)28/h3-10,17-18,20-21H,1-2H3/t17-,18+/m1/s1. The third kappa shape index (κ3) is 3.78. The van der Waals surface area contributed by atoms with Crippen LogP contribution in [-0.2, 0) is 9.53 Å². The van der Waals surface area contributed by atoms with Gasteiger partial charge in [-0.25, -0.2) is 4.79 Å². The van der Waals surface area contributed by atoms with E-state index in [-0.39, 0.29) is 22.5 Å². The number of nitro benzene ring substituents is 2. The molecule has 2 atom stereocenters. The van der Waals surface area contributed by atoms with Gasteiger partial charge in [0.2, 0.25) is 0 Å². The van der Waals surface area contributed by atoms with E-state index in [1.54, 1.807) is 31.2 Å². The Morgan fingerprint density at radius 3 is 2.03 bits per heavy atom. The first-order valence-corrected chi connectivity index (χ1v) is 8.63. The van der Waals surface area contributed by atoms with Gasteiger partial charge in [-0.15, -0.1) is 0 Å². The number of carbonyl (C=O) groups is 1. The van der Waals surface area contributed by atoms with Crippen LogP contribution in [0.15, 0.2) is 59.8 Å². The number of nitrogens with zero attached hydrogens (tertiary/aromatic N) is 2. The number of nitrogens with one attached hydrogen (secondary N) is 2. The molecule has 0 amide bonds. The van der Waals surface area contributed by atoms with Crippen molar-refractivity contribution in [2.45, 2.75) is 19.1 Å². The highest BCUT2D eigenvalue weighted by molar-refractivity contribution is 5.91. The topological polar surface area (TPSA) is 137 Å². The number of methoxy groups -OCH3 is 1. The molecule has 2 aromatic carbocycles. The monoisotopic (exact) mass is 398 g/mol. The Morgan fingerprint density at radius 1 is 0.966 bits per heavy atom. The summed E-state index contributed by atoms with van der Waals surface area (Å²) in [6.45, 7) is 1.62. The van der Waals surface area contributed by atoms with E-state index in [9.17, 15) is 25.0 Å². The molecule has 0 saturated carbocycles. The summed E-state index contributed by atoms with van der Waals surface area (Å²) in [5.74, 6) is -0.660. The number of esters is 1. The molecule has 10 heteroatoms. The van der Waals surface area contributed by atoms with Gasteiger partial charge in [0.1, 0.15) is 6.17 Å². The van der Waals surface area contributed by atoms with Crippen molar-refractivity contribution in [3.63, 3.8) is 0 Å². The molecular formula is C19H18N4O6. The molecule has 29 heavy (non-hydrogen) atoms. The minimum atomic E-state index is -0.907. The van der Waals surface area contributed by atoms with Crippen LogP contribution in [0.2, 0.25) is 0 Å². The fourth-order valence-corrected chi connectivity index (χ4v) is 3.39. The molecule has 0 aromatic heterocycles. The van der Waals surface area contributed by atoms with Crippen LogP contribution < -0.4 is 10.6 Å². The van der Waals surface area contributed by atoms with E-state index in [1.807, 2.05) is 0 Å². The summed E-state index contributed by atoms with van der Waals surface area (Å²) >= 11 is 0. The average Bonchev–Trinajstić information content (AvgIpc) is 2.72. The Hall–Kier alpha value is -3.79. The van der Waals surface area contributed by atoms with Crippen LogP contribution in [0.1, 0.15) is 30.3 Å². The number of ether oxygens (including phenoxy) is 1. The zero-order valence-electron chi connectivity index (χ0n) is 15.6. The summed E-state index contributed by atoms with van der Waals surface area (Å²) in [4.78, 5) is 34.3. The van der Waals surface area contributed by atoms with Gasteiger partial charge < -0.3 is 10.1 Å². The minimum absolute atomic E-state index is 0.117. The number of hydrogen-bond donors (Lipinski definition) is 2. The Kier molecular flexibility index (Phi) is 5.55.